The molecule has 8 bridgehead atoms. The third-order valence-corrected chi connectivity index (χ3v) is 8.01. The molecule has 0 fully saturated rings. The van der Waals surface area contributed by atoms with Crippen molar-refractivity contribution in [3.05, 3.63) is 94.7 Å². The Bertz CT molecular complexity index is 1240. The second-order valence-electron chi connectivity index (χ2n) is 10.8. The standard InChI is InChI=1S/C34H40N4/c1-5-9-23(7-3)19-29-31-15-11-25(35-31)21-27-13-17-33(37-27)30(20-24(8-4)10-6-2)34-18-14-28(38-34)22-26-12-16-32(29)36-26/h11-18,21-24H,5-10,19-20H2,1-4H3. The van der Waals surface area contributed by atoms with Crippen molar-refractivity contribution >= 4 is 22.8 Å². The van der Waals surface area contributed by atoms with Crippen LogP contribution in [0.4, 0.5) is 0 Å². The Morgan fingerprint density at radius 2 is 0.974 bits per heavy atom. The summed E-state index contributed by atoms with van der Waals surface area (Å²) in [5.41, 5.74) is 10.4. The van der Waals surface area contributed by atoms with Crippen LogP contribution in [0.2, 0.25) is 0 Å². The van der Waals surface area contributed by atoms with Crippen molar-refractivity contribution < 1.29 is 0 Å². The van der Waals surface area contributed by atoms with E-state index in [4.69, 9.17) is 20.0 Å². The van der Waals surface area contributed by atoms with E-state index in [1.54, 1.807) is 0 Å². The molecule has 0 spiro atoms. The summed E-state index contributed by atoms with van der Waals surface area (Å²) < 4.78 is 0. The van der Waals surface area contributed by atoms with Gasteiger partial charge in [-0.15, -0.1) is 0 Å². The molecule has 2 unspecified atom stereocenters. The summed E-state index contributed by atoms with van der Waals surface area (Å²) >= 11 is 0. The van der Waals surface area contributed by atoms with Gasteiger partial charge in [0, 0.05) is 11.1 Å². The third-order valence-electron chi connectivity index (χ3n) is 8.01. The van der Waals surface area contributed by atoms with Crippen molar-refractivity contribution in [2.45, 2.75) is 79.1 Å². The lowest BCUT2D eigenvalue weighted by Gasteiger charge is -2.17. The van der Waals surface area contributed by atoms with E-state index in [1.807, 2.05) is 0 Å². The third kappa shape index (κ3) is 5.85. The van der Waals surface area contributed by atoms with E-state index in [1.165, 1.54) is 36.8 Å². The molecular formula is C34H40N4. The van der Waals surface area contributed by atoms with Gasteiger partial charge in [-0.3, -0.25) is 0 Å². The van der Waals surface area contributed by atoms with Crippen LogP contribution in [0.5, 0.6) is 0 Å². The first-order chi connectivity index (χ1) is 18.6. The van der Waals surface area contributed by atoms with Gasteiger partial charge in [-0.05, 0) is 85.4 Å². The molecule has 196 valence electrons. The Morgan fingerprint density at radius 1 is 0.526 bits per heavy atom. The largest absolute Gasteiger partial charge is 0.249 e. The highest BCUT2D eigenvalue weighted by Gasteiger charge is 2.23. The molecule has 2 atom stereocenters. The van der Waals surface area contributed by atoms with Crippen molar-refractivity contribution in [1.29, 1.82) is 0 Å². The molecule has 0 aromatic carbocycles. The minimum atomic E-state index is 0.626. The van der Waals surface area contributed by atoms with Crippen molar-refractivity contribution in [1.82, 2.24) is 0 Å². The molecule has 0 aromatic rings. The Labute approximate surface area is 228 Å². The van der Waals surface area contributed by atoms with Crippen molar-refractivity contribution in [2.24, 2.45) is 31.8 Å². The van der Waals surface area contributed by atoms with Gasteiger partial charge in [0.15, 0.2) is 0 Å². The molecule has 5 aliphatic heterocycles. The number of nitrogens with zero attached hydrogens (tertiary/aromatic N) is 4. The number of fused-ring (bicyclic) bond motifs is 4. The van der Waals surface area contributed by atoms with Crippen molar-refractivity contribution in [3.8, 4) is 0 Å². The molecule has 5 heterocycles. The SMILES string of the molecule is CCCC(CC)CC1=C2C=CC(=N2)C=C2C=CC(=N2)C(CC(CC)CCC)=C2C=CC(=N2)C=C2C=CC1=N2. The molecular weight excluding hydrogens is 464 g/mol. The van der Waals surface area contributed by atoms with Gasteiger partial charge in [-0.1, -0.05) is 66.2 Å². The van der Waals surface area contributed by atoms with Crippen LogP contribution in [0.1, 0.15) is 79.1 Å². The van der Waals surface area contributed by atoms with Gasteiger partial charge in [0.05, 0.1) is 45.6 Å². The first-order valence-electron chi connectivity index (χ1n) is 14.6. The smallest absolute Gasteiger partial charge is 0.0691 e. The minimum Gasteiger partial charge on any atom is -0.249 e. The Balaban J connectivity index is 1.60. The zero-order valence-corrected chi connectivity index (χ0v) is 23.4. The fraction of sp³-hybridized carbons (Fsp3) is 0.412. The number of rotatable bonds is 10. The molecule has 0 amide bonds. The van der Waals surface area contributed by atoms with Crippen LogP contribution in [0, 0.1) is 11.8 Å². The van der Waals surface area contributed by atoms with Gasteiger partial charge in [-0.25, -0.2) is 20.0 Å². The Hall–Kier alpha value is -3.40. The number of hydrogen-bond donors (Lipinski definition) is 0. The van der Waals surface area contributed by atoms with E-state index in [0.717, 1.165) is 71.3 Å². The number of allylic oxidation sites excluding steroid dienone is 12. The molecule has 4 heteroatoms. The normalized spacial score (nSPS) is 21.1. The summed E-state index contributed by atoms with van der Waals surface area (Å²) in [7, 11) is 0. The Morgan fingerprint density at radius 3 is 1.37 bits per heavy atom. The average Bonchev–Trinajstić information content (AvgIpc) is 3.73. The van der Waals surface area contributed by atoms with E-state index in [2.05, 4.69) is 88.5 Å². The first-order valence-corrected chi connectivity index (χ1v) is 14.6. The summed E-state index contributed by atoms with van der Waals surface area (Å²) in [6.07, 6.45) is 30.4. The highest BCUT2D eigenvalue weighted by atomic mass is 14.8. The zero-order chi connectivity index (χ0) is 26.5. The van der Waals surface area contributed by atoms with Crippen LogP contribution >= 0.6 is 0 Å². The van der Waals surface area contributed by atoms with Gasteiger partial charge in [0.1, 0.15) is 0 Å². The van der Waals surface area contributed by atoms with Gasteiger partial charge >= 0.3 is 0 Å². The summed E-state index contributed by atoms with van der Waals surface area (Å²) in [4.78, 5) is 20.2. The van der Waals surface area contributed by atoms with E-state index < -0.39 is 0 Å². The van der Waals surface area contributed by atoms with E-state index >= 15 is 0 Å². The van der Waals surface area contributed by atoms with Gasteiger partial charge < -0.3 is 0 Å². The molecule has 0 aliphatic carbocycles. The Kier molecular flexibility index (Phi) is 8.26. The lowest BCUT2D eigenvalue weighted by molar-refractivity contribution is 0.465. The minimum absolute atomic E-state index is 0.626. The fourth-order valence-corrected chi connectivity index (χ4v) is 5.78. The number of hydrogen-bond acceptors (Lipinski definition) is 4. The molecule has 0 saturated heterocycles. The van der Waals surface area contributed by atoms with E-state index in [0.29, 0.717) is 11.8 Å². The molecule has 38 heavy (non-hydrogen) atoms. The quantitative estimate of drug-likeness (QED) is 0.285. The highest BCUT2D eigenvalue weighted by Crippen LogP contribution is 2.32. The monoisotopic (exact) mass is 504 g/mol. The van der Waals surface area contributed by atoms with E-state index in [-0.39, 0.29) is 0 Å². The van der Waals surface area contributed by atoms with Crippen LogP contribution in [0.25, 0.3) is 0 Å². The molecule has 5 rings (SSSR count). The predicted octanol–water partition coefficient (Wildman–Crippen LogP) is 8.75. The van der Waals surface area contributed by atoms with Crippen LogP contribution in [-0.2, 0) is 0 Å². The fourth-order valence-electron chi connectivity index (χ4n) is 5.78. The molecule has 0 saturated carbocycles. The molecule has 4 nitrogen and oxygen atoms in total. The summed E-state index contributed by atoms with van der Waals surface area (Å²) in [6, 6.07) is 0. The highest BCUT2D eigenvalue weighted by molar-refractivity contribution is 6.17. The second-order valence-corrected chi connectivity index (χ2v) is 10.8. The lowest BCUT2D eigenvalue weighted by atomic mass is 9.89. The topological polar surface area (TPSA) is 49.4 Å². The maximum absolute atomic E-state index is 5.05. The summed E-state index contributed by atoms with van der Waals surface area (Å²) in [6.45, 7) is 9.12. The van der Waals surface area contributed by atoms with Crippen LogP contribution in [-0.4, -0.2) is 22.8 Å². The summed E-state index contributed by atoms with van der Waals surface area (Å²) in [5.74, 6) is 1.25. The van der Waals surface area contributed by atoms with E-state index in [9.17, 15) is 0 Å². The van der Waals surface area contributed by atoms with Gasteiger partial charge in [0.25, 0.3) is 0 Å². The van der Waals surface area contributed by atoms with Crippen LogP contribution < -0.4 is 0 Å². The first kappa shape index (κ1) is 26.2. The second kappa shape index (κ2) is 12.0. The van der Waals surface area contributed by atoms with Crippen molar-refractivity contribution in [2.75, 3.05) is 0 Å². The maximum Gasteiger partial charge on any atom is 0.0691 e. The lowest BCUT2D eigenvalue weighted by Crippen LogP contribution is -2.08. The zero-order valence-electron chi connectivity index (χ0n) is 23.4. The van der Waals surface area contributed by atoms with Gasteiger partial charge in [0.2, 0.25) is 0 Å². The molecule has 0 radical (unpaired) electrons. The maximum atomic E-state index is 5.05. The molecule has 0 N–H and O–H groups in total. The average molecular weight is 505 g/mol. The van der Waals surface area contributed by atoms with Crippen molar-refractivity contribution in [3.63, 3.8) is 0 Å². The molecule has 5 aliphatic rings. The summed E-state index contributed by atoms with van der Waals surface area (Å²) in [5, 5.41) is 0. The molecule has 0 aromatic heterocycles. The van der Waals surface area contributed by atoms with Crippen LogP contribution in [0.3, 0.4) is 0 Å². The van der Waals surface area contributed by atoms with Gasteiger partial charge in [-0.2, -0.15) is 0 Å². The van der Waals surface area contributed by atoms with Crippen LogP contribution in [0.15, 0.2) is 115 Å². The number of aliphatic imine (C=N–C) groups is 4. The predicted molar refractivity (Wildman–Crippen MR) is 163 cm³/mol.